The maximum absolute atomic E-state index is 12.1. The number of nitrogens with one attached hydrogen (secondary N) is 1. The number of benzene rings is 1. The second-order valence-electron chi connectivity index (χ2n) is 5.23. The van der Waals surface area contributed by atoms with Crippen LogP contribution >= 0.6 is 0 Å². The molecule has 20 heavy (non-hydrogen) atoms. The lowest BCUT2D eigenvalue weighted by Crippen LogP contribution is -2.46. The molecule has 2 rings (SSSR count). The van der Waals surface area contributed by atoms with Gasteiger partial charge in [-0.2, -0.15) is 0 Å². The number of para-hydroxylation sites is 1. The van der Waals surface area contributed by atoms with Crippen LogP contribution in [-0.4, -0.2) is 54.9 Å². The van der Waals surface area contributed by atoms with E-state index < -0.39 is 0 Å². The normalized spacial score (nSPS) is 19.9. The number of hydrogen-bond donors (Lipinski definition) is 2. The molecule has 5 nitrogen and oxygen atoms in total. The highest BCUT2D eigenvalue weighted by atomic mass is 16.5. The van der Waals surface area contributed by atoms with Crippen molar-refractivity contribution < 1.29 is 14.6 Å². The van der Waals surface area contributed by atoms with Crippen molar-refractivity contribution in [3.63, 3.8) is 0 Å². The van der Waals surface area contributed by atoms with Crippen LogP contribution in [0, 0.1) is 13.8 Å². The molecule has 1 amide bonds. The van der Waals surface area contributed by atoms with Crippen LogP contribution in [-0.2, 0) is 9.53 Å². The topological polar surface area (TPSA) is 61.8 Å². The number of hydrogen-bond acceptors (Lipinski definition) is 4. The number of amides is 1. The van der Waals surface area contributed by atoms with Crippen molar-refractivity contribution in [3.8, 4) is 0 Å². The zero-order chi connectivity index (χ0) is 14.5. The van der Waals surface area contributed by atoms with Crippen LogP contribution in [0.5, 0.6) is 0 Å². The van der Waals surface area contributed by atoms with Gasteiger partial charge in [0.25, 0.3) is 0 Å². The summed E-state index contributed by atoms with van der Waals surface area (Å²) >= 11 is 0. The zero-order valence-electron chi connectivity index (χ0n) is 12.1. The van der Waals surface area contributed by atoms with E-state index in [4.69, 9.17) is 9.84 Å². The van der Waals surface area contributed by atoms with Gasteiger partial charge >= 0.3 is 0 Å². The molecule has 1 unspecified atom stereocenters. The fourth-order valence-electron chi connectivity index (χ4n) is 2.43. The summed E-state index contributed by atoms with van der Waals surface area (Å²) in [5.41, 5.74) is 3.02. The molecule has 0 aromatic heterocycles. The first-order valence-electron chi connectivity index (χ1n) is 6.91. The van der Waals surface area contributed by atoms with Crippen molar-refractivity contribution in [2.45, 2.75) is 20.0 Å². The summed E-state index contributed by atoms with van der Waals surface area (Å²) in [5.74, 6) is -0.0269. The average Bonchev–Trinajstić information content (AvgIpc) is 2.43. The average molecular weight is 278 g/mol. The molecule has 1 atom stereocenters. The molecule has 0 spiro atoms. The molecule has 2 N–H and O–H groups in total. The minimum atomic E-state index is -0.184. The number of ether oxygens (including phenoxy) is 1. The second kappa shape index (κ2) is 6.83. The fraction of sp³-hybridized carbons (Fsp3) is 0.533. The minimum absolute atomic E-state index is 0.00494. The largest absolute Gasteiger partial charge is 0.394 e. The van der Waals surface area contributed by atoms with E-state index in [9.17, 15) is 4.79 Å². The quantitative estimate of drug-likeness (QED) is 0.860. The van der Waals surface area contributed by atoms with E-state index in [1.165, 1.54) is 0 Å². The molecule has 1 aromatic carbocycles. The van der Waals surface area contributed by atoms with Crippen molar-refractivity contribution in [2.24, 2.45) is 0 Å². The van der Waals surface area contributed by atoms with Crippen LogP contribution in [0.25, 0.3) is 0 Å². The monoisotopic (exact) mass is 278 g/mol. The maximum atomic E-state index is 12.1. The van der Waals surface area contributed by atoms with E-state index >= 15 is 0 Å². The third-order valence-corrected chi connectivity index (χ3v) is 3.54. The summed E-state index contributed by atoms with van der Waals surface area (Å²) in [6.45, 7) is 6.16. The van der Waals surface area contributed by atoms with Crippen LogP contribution in [0.15, 0.2) is 18.2 Å². The van der Waals surface area contributed by atoms with Crippen molar-refractivity contribution in [1.82, 2.24) is 4.90 Å². The van der Waals surface area contributed by atoms with Gasteiger partial charge in [-0.3, -0.25) is 9.69 Å². The lowest BCUT2D eigenvalue weighted by molar-refractivity contribution is -0.120. The van der Waals surface area contributed by atoms with Crippen molar-refractivity contribution in [1.29, 1.82) is 0 Å². The molecule has 1 saturated heterocycles. The number of aliphatic hydroxyl groups is 1. The third kappa shape index (κ3) is 3.79. The molecule has 1 fully saturated rings. The van der Waals surface area contributed by atoms with Gasteiger partial charge in [0.1, 0.15) is 0 Å². The number of anilines is 1. The number of aliphatic hydroxyl groups excluding tert-OH is 1. The summed E-state index contributed by atoms with van der Waals surface area (Å²) in [6.07, 6.45) is -0.184. The van der Waals surface area contributed by atoms with E-state index in [2.05, 4.69) is 5.32 Å². The highest BCUT2D eigenvalue weighted by molar-refractivity contribution is 5.93. The Labute approximate surface area is 119 Å². The maximum Gasteiger partial charge on any atom is 0.238 e. The molecule has 1 aliphatic heterocycles. The molecule has 110 valence electrons. The Hall–Kier alpha value is -1.43. The Morgan fingerprint density at radius 2 is 2.15 bits per heavy atom. The number of aryl methyl sites for hydroxylation is 2. The number of morpholine rings is 1. The SMILES string of the molecule is Cc1cccc(C)c1NC(=O)CN1CCOC(CO)C1. The molecule has 0 aliphatic carbocycles. The molecular formula is C15H22N2O3. The first kappa shape index (κ1) is 15.0. The van der Waals surface area contributed by atoms with E-state index in [0.29, 0.717) is 19.7 Å². The highest BCUT2D eigenvalue weighted by Crippen LogP contribution is 2.19. The van der Waals surface area contributed by atoms with Gasteiger partial charge in [0, 0.05) is 18.8 Å². The molecule has 0 bridgehead atoms. The van der Waals surface area contributed by atoms with Gasteiger partial charge in [0.2, 0.25) is 5.91 Å². The number of nitrogens with zero attached hydrogens (tertiary/aromatic N) is 1. The molecule has 1 aliphatic rings. The fourth-order valence-corrected chi connectivity index (χ4v) is 2.43. The van der Waals surface area contributed by atoms with E-state index in [0.717, 1.165) is 23.4 Å². The van der Waals surface area contributed by atoms with Gasteiger partial charge in [-0.25, -0.2) is 0 Å². The van der Waals surface area contributed by atoms with Crippen molar-refractivity contribution in [2.75, 3.05) is 38.2 Å². The smallest absolute Gasteiger partial charge is 0.238 e. The molecule has 0 saturated carbocycles. The predicted octanol–water partition coefficient (Wildman–Crippen LogP) is 0.935. The standard InChI is InChI=1S/C15H22N2O3/c1-11-4-3-5-12(2)15(11)16-14(19)9-17-6-7-20-13(8-17)10-18/h3-5,13,18H,6-10H2,1-2H3,(H,16,19). The number of carbonyl (C=O) groups is 1. The van der Waals surface area contributed by atoms with Crippen molar-refractivity contribution >= 4 is 11.6 Å². The first-order chi connectivity index (χ1) is 9.60. The summed E-state index contributed by atoms with van der Waals surface area (Å²) in [7, 11) is 0. The summed E-state index contributed by atoms with van der Waals surface area (Å²) in [4.78, 5) is 14.1. The number of rotatable bonds is 4. The molecule has 1 heterocycles. The van der Waals surface area contributed by atoms with Gasteiger partial charge in [-0.05, 0) is 25.0 Å². The Bertz CT molecular complexity index is 456. The summed E-state index contributed by atoms with van der Waals surface area (Å²) in [6, 6.07) is 5.95. The first-order valence-corrected chi connectivity index (χ1v) is 6.91. The van der Waals surface area contributed by atoms with E-state index in [1.54, 1.807) is 0 Å². The van der Waals surface area contributed by atoms with Gasteiger partial charge in [0.15, 0.2) is 0 Å². The van der Waals surface area contributed by atoms with Crippen LogP contribution in [0.1, 0.15) is 11.1 Å². The van der Waals surface area contributed by atoms with Crippen LogP contribution in [0.3, 0.4) is 0 Å². The molecular weight excluding hydrogens is 256 g/mol. The van der Waals surface area contributed by atoms with Gasteiger partial charge < -0.3 is 15.2 Å². The van der Waals surface area contributed by atoms with Crippen LogP contribution < -0.4 is 5.32 Å². The molecule has 5 heteroatoms. The van der Waals surface area contributed by atoms with Gasteiger partial charge in [-0.1, -0.05) is 18.2 Å². The lowest BCUT2D eigenvalue weighted by Gasteiger charge is -2.31. The number of carbonyl (C=O) groups excluding carboxylic acids is 1. The molecule has 1 aromatic rings. The Morgan fingerprint density at radius 3 is 2.80 bits per heavy atom. The Kier molecular flexibility index (Phi) is 5.11. The Morgan fingerprint density at radius 1 is 1.45 bits per heavy atom. The summed E-state index contributed by atoms with van der Waals surface area (Å²) < 4.78 is 5.37. The van der Waals surface area contributed by atoms with E-state index in [1.807, 2.05) is 36.9 Å². The lowest BCUT2D eigenvalue weighted by atomic mass is 10.1. The third-order valence-electron chi connectivity index (χ3n) is 3.54. The van der Waals surface area contributed by atoms with Gasteiger partial charge in [0.05, 0.1) is 25.9 Å². The summed E-state index contributed by atoms with van der Waals surface area (Å²) in [5, 5.41) is 12.1. The second-order valence-corrected chi connectivity index (χ2v) is 5.23. The van der Waals surface area contributed by atoms with Gasteiger partial charge in [-0.15, -0.1) is 0 Å². The Balaban J connectivity index is 1.92. The van der Waals surface area contributed by atoms with E-state index in [-0.39, 0.29) is 18.6 Å². The predicted molar refractivity (Wildman–Crippen MR) is 77.8 cm³/mol. The van der Waals surface area contributed by atoms with Crippen LogP contribution in [0.4, 0.5) is 5.69 Å². The van der Waals surface area contributed by atoms with Crippen molar-refractivity contribution in [3.05, 3.63) is 29.3 Å². The molecule has 0 radical (unpaired) electrons. The highest BCUT2D eigenvalue weighted by Gasteiger charge is 2.21. The minimum Gasteiger partial charge on any atom is -0.394 e. The van der Waals surface area contributed by atoms with Crippen LogP contribution in [0.2, 0.25) is 0 Å². The zero-order valence-corrected chi connectivity index (χ0v) is 12.1.